The number of hydrogen-bond acceptors (Lipinski definition) is 3. The van der Waals surface area contributed by atoms with Crippen molar-refractivity contribution in [3.05, 3.63) is 0 Å². The Hall–Kier alpha value is -0.570. The zero-order valence-electron chi connectivity index (χ0n) is 7.31. The summed E-state index contributed by atoms with van der Waals surface area (Å²) in [6.07, 6.45) is 5.22. The lowest BCUT2D eigenvalue weighted by molar-refractivity contribution is 0.189. The first-order valence-electron chi connectivity index (χ1n) is 4.15. The summed E-state index contributed by atoms with van der Waals surface area (Å²) in [4.78, 5) is 0. The van der Waals surface area contributed by atoms with Gasteiger partial charge in [0.1, 0.15) is 0 Å². The molecule has 0 unspecified atom stereocenters. The topological polar surface area (TPSA) is 57.6 Å². The van der Waals surface area contributed by atoms with Gasteiger partial charge in [-0.1, -0.05) is 0 Å². The van der Waals surface area contributed by atoms with Crippen LogP contribution in [0.5, 0.6) is 0 Å². The van der Waals surface area contributed by atoms with Gasteiger partial charge in [0.15, 0.2) is 0 Å². The maximum atomic E-state index is 11.5. The van der Waals surface area contributed by atoms with Gasteiger partial charge in [0.25, 0.3) is 0 Å². The number of aliphatic hydroxyl groups is 1. The van der Waals surface area contributed by atoms with E-state index in [1.165, 1.54) is 4.31 Å². The molecule has 1 rings (SSSR count). The minimum absolute atomic E-state index is 0.0176. The molecule has 1 saturated heterocycles. The van der Waals surface area contributed by atoms with Gasteiger partial charge in [-0.05, 0) is 6.42 Å². The molecule has 1 heterocycles. The molecule has 0 aliphatic carbocycles. The van der Waals surface area contributed by atoms with Gasteiger partial charge in [-0.2, -0.15) is 4.31 Å². The van der Waals surface area contributed by atoms with E-state index in [4.69, 9.17) is 11.5 Å². The molecule has 1 fully saturated rings. The van der Waals surface area contributed by atoms with Crippen LogP contribution in [0.3, 0.4) is 0 Å². The fourth-order valence-corrected chi connectivity index (χ4v) is 2.70. The van der Waals surface area contributed by atoms with Crippen LogP contribution < -0.4 is 0 Å². The van der Waals surface area contributed by atoms with Crippen molar-refractivity contribution in [1.82, 2.24) is 4.31 Å². The molecule has 0 saturated carbocycles. The van der Waals surface area contributed by atoms with Crippen molar-refractivity contribution in [2.45, 2.75) is 18.9 Å². The van der Waals surface area contributed by atoms with Crippen molar-refractivity contribution >= 4 is 10.0 Å². The van der Waals surface area contributed by atoms with E-state index >= 15 is 0 Å². The van der Waals surface area contributed by atoms with E-state index in [1.807, 2.05) is 0 Å². The van der Waals surface area contributed by atoms with Crippen LogP contribution in [0.15, 0.2) is 0 Å². The molecule has 74 valence electrons. The predicted molar refractivity (Wildman–Crippen MR) is 49.4 cm³/mol. The Balaban J connectivity index is 2.56. The minimum atomic E-state index is -3.22. The number of β-amino-alcohol motifs (C(OH)–C–C–N with tert-alkyl or cyclic N) is 1. The fraction of sp³-hybridized carbons (Fsp3) is 0.750. The molecule has 0 aromatic rings. The van der Waals surface area contributed by atoms with Crippen molar-refractivity contribution in [3.8, 4) is 12.3 Å². The summed E-state index contributed by atoms with van der Waals surface area (Å²) < 4.78 is 24.2. The van der Waals surface area contributed by atoms with E-state index in [9.17, 15) is 8.42 Å². The number of rotatable bonds is 3. The van der Waals surface area contributed by atoms with Crippen molar-refractivity contribution in [2.24, 2.45) is 0 Å². The Kier molecular flexibility index (Phi) is 3.31. The monoisotopic (exact) mass is 203 g/mol. The molecule has 13 heavy (non-hydrogen) atoms. The van der Waals surface area contributed by atoms with Gasteiger partial charge in [-0.25, -0.2) is 8.42 Å². The summed E-state index contributed by atoms with van der Waals surface area (Å²) in [5, 5.41) is 9.14. The average Bonchev–Trinajstić information content (AvgIpc) is 2.49. The normalized spacial score (nSPS) is 24.5. The summed E-state index contributed by atoms with van der Waals surface area (Å²) in [5.74, 6) is 2.27. The van der Waals surface area contributed by atoms with Crippen LogP contribution in [-0.4, -0.2) is 42.8 Å². The third-order valence-corrected chi connectivity index (χ3v) is 3.86. The number of hydrogen-bond donors (Lipinski definition) is 1. The highest BCUT2D eigenvalue weighted by Gasteiger charge is 2.29. The summed E-state index contributed by atoms with van der Waals surface area (Å²) in [5.41, 5.74) is 0. The van der Waals surface area contributed by atoms with Crippen LogP contribution in [0, 0.1) is 12.3 Å². The molecule has 0 aromatic carbocycles. The molecular formula is C8H13NO3S. The lowest BCUT2D eigenvalue weighted by Crippen LogP contribution is -2.31. The molecule has 4 nitrogen and oxygen atoms in total. The van der Waals surface area contributed by atoms with E-state index in [1.54, 1.807) is 0 Å². The number of terminal acetylenes is 1. The van der Waals surface area contributed by atoms with E-state index in [2.05, 4.69) is 5.92 Å². The van der Waals surface area contributed by atoms with Gasteiger partial charge in [-0.15, -0.1) is 12.3 Å². The summed E-state index contributed by atoms with van der Waals surface area (Å²) >= 11 is 0. The van der Waals surface area contributed by atoms with Crippen LogP contribution >= 0.6 is 0 Å². The highest BCUT2D eigenvalue weighted by atomic mass is 32.2. The molecular weight excluding hydrogens is 190 g/mol. The maximum Gasteiger partial charge on any atom is 0.215 e. The van der Waals surface area contributed by atoms with Crippen LogP contribution in [0.4, 0.5) is 0 Å². The van der Waals surface area contributed by atoms with Crippen molar-refractivity contribution in [1.29, 1.82) is 0 Å². The van der Waals surface area contributed by atoms with Crippen molar-refractivity contribution in [2.75, 3.05) is 18.8 Å². The Morgan fingerprint density at radius 2 is 2.31 bits per heavy atom. The Morgan fingerprint density at radius 3 is 2.77 bits per heavy atom. The molecule has 1 N–H and O–H groups in total. The molecule has 0 spiro atoms. The molecule has 1 aliphatic rings. The van der Waals surface area contributed by atoms with Crippen LogP contribution in [0.1, 0.15) is 12.8 Å². The van der Waals surface area contributed by atoms with Crippen LogP contribution in [-0.2, 0) is 10.0 Å². The van der Waals surface area contributed by atoms with E-state index in [0.717, 1.165) is 0 Å². The lowest BCUT2D eigenvalue weighted by atomic mass is 10.3. The summed E-state index contributed by atoms with van der Waals surface area (Å²) in [6.45, 7) is 0.626. The average molecular weight is 203 g/mol. The summed E-state index contributed by atoms with van der Waals surface area (Å²) in [6, 6.07) is 0. The second-order valence-corrected chi connectivity index (χ2v) is 5.16. The highest BCUT2D eigenvalue weighted by Crippen LogP contribution is 2.14. The number of nitrogens with zero attached hydrogens (tertiary/aromatic N) is 1. The molecule has 1 aliphatic heterocycles. The highest BCUT2D eigenvalue weighted by molar-refractivity contribution is 7.89. The molecule has 1 atom stereocenters. The van der Waals surface area contributed by atoms with E-state index in [-0.39, 0.29) is 18.7 Å². The first kappa shape index (κ1) is 10.5. The quantitative estimate of drug-likeness (QED) is 0.623. The Labute approximate surface area is 78.6 Å². The second-order valence-electron chi connectivity index (χ2n) is 3.07. The Bertz CT molecular complexity index is 304. The molecule has 0 bridgehead atoms. The number of aliphatic hydroxyl groups excluding tert-OH is 1. The molecule has 0 radical (unpaired) electrons. The standard InChI is InChI=1S/C8H13NO3S/c1-2-3-6-13(11,12)9-5-4-8(10)7-9/h1,8,10H,3-7H2/t8-/m0/s1. The Morgan fingerprint density at radius 1 is 1.62 bits per heavy atom. The maximum absolute atomic E-state index is 11.5. The van der Waals surface area contributed by atoms with Gasteiger partial charge >= 0.3 is 0 Å². The van der Waals surface area contributed by atoms with Crippen LogP contribution in [0.25, 0.3) is 0 Å². The van der Waals surface area contributed by atoms with Crippen LogP contribution in [0.2, 0.25) is 0 Å². The van der Waals surface area contributed by atoms with E-state index in [0.29, 0.717) is 13.0 Å². The third-order valence-electron chi connectivity index (χ3n) is 2.02. The number of sulfonamides is 1. The third kappa shape index (κ3) is 2.69. The van der Waals surface area contributed by atoms with Crippen molar-refractivity contribution in [3.63, 3.8) is 0 Å². The van der Waals surface area contributed by atoms with Gasteiger partial charge in [0.05, 0.1) is 11.9 Å². The largest absolute Gasteiger partial charge is 0.392 e. The van der Waals surface area contributed by atoms with Gasteiger partial charge in [-0.3, -0.25) is 0 Å². The first-order chi connectivity index (χ1) is 6.06. The van der Waals surface area contributed by atoms with Gasteiger partial charge in [0.2, 0.25) is 10.0 Å². The minimum Gasteiger partial charge on any atom is -0.392 e. The zero-order chi connectivity index (χ0) is 9.90. The molecule has 0 amide bonds. The lowest BCUT2D eigenvalue weighted by Gasteiger charge is -2.14. The van der Waals surface area contributed by atoms with Crippen molar-refractivity contribution < 1.29 is 13.5 Å². The van der Waals surface area contributed by atoms with Gasteiger partial charge < -0.3 is 5.11 Å². The van der Waals surface area contributed by atoms with E-state index < -0.39 is 16.1 Å². The fourth-order valence-electron chi connectivity index (χ4n) is 1.28. The SMILES string of the molecule is C#CCCS(=O)(=O)N1CC[C@H](O)C1. The predicted octanol–water partition coefficient (Wildman–Crippen LogP) is -0.594. The van der Waals surface area contributed by atoms with Gasteiger partial charge in [0, 0.05) is 19.5 Å². The summed E-state index contributed by atoms with van der Waals surface area (Å²) in [7, 11) is -3.22. The molecule has 5 heteroatoms. The smallest absolute Gasteiger partial charge is 0.215 e. The first-order valence-corrected chi connectivity index (χ1v) is 5.76. The zero-order valence-corrected chi connectivity index (χ0v) is 8.13. The second kappa shape index (κ2) is 4.09. The molecule has 0 aromatic heterocycles.